The van der Waals surface area contributed by atoms with Crippen LogP contribution in [-0.4, -0.2) is 92.8 Å². The van der Waals surface area contributed by atoms with Gasteiger partial charge in [0.2, 0.25) is 12.0 Å². The van der Waals surface area contributed by atoms with Gasteiger partial charge in [0.15, 0.2) is 11.5 Å². The molecule has 0 radical (unpaired) electrons. The van der Waals surface area contributed by atoms with Gasteiger partial charge in [-0.2, -0.15) is 0 Å². The van der Waals surface area contributed by atoms with E-state index in [1.165, 1.54) is 0 Å². The molecule has 1 N–H and O–H groups in total. The van der Waals surface area contributed by atoms with E-state index < -0.39 is 6.10 Å². The molecule has 2 fully saturated rings. The Hall–Kier alpha value is -3.30. The van der Waals surface area contributed by atoms with E-state index in [0.717, 1.165) is 37.7 Å². The fourth-order valence-corrected chi connectivity index (χ4v) is 4.66. The van der Waals surface area contributed by atoms with Gasteiger partial charge >= 0.3 is 0 Å². The Labute approximate surface area is 205 Å². The first kappa shape index (κ1) is 23.4. The van der Waals surface area contributed by atoms with Crippen LogP contribution in [-0.2, 0) is 14.3 Å². The number of anilines is 2. The minimum absolute atomic E-state index is 0.0514. The molecule has 3 heterocycles. The van der Waals surface area contributed by atoms with Gasteiger partial charge in [-0.15, -0.1) is 0 Å². The van der Waals surface area contributed by atoms with Crippen LogP contribution in [0.1, 0.15) is 6.92 Å². The lowest BCUT2D eigenvalue weighted by atomic mass is 10.2. The van der Waals surface area contributed by atoms with Crippen molar-refractivity contribution in [3.05, 3.63) is 48.5 Å². The number of nitrogens with zero attached hydrogens (tertiary/aromatic N) is 3. The topological polar surface area (TPSA) is 83.6 Å². The lowest BCUT2D eigenvalue weighted by Gasteiger charge is -2.39. The van der Waals surface area contributed by atoms with Gasteiger partial charge in [-0.1, -0.05) is 12.1 Å². The Kier molecular flexibility index (Phi) is 7.06. The lowest BCUT2D eigenvalue weighted by Crippen LogP contribution is -2.57. The second-order valence-electron chi connectivity index (χ2n) is 9.04. The summed E-state index contributed by atoms with van der Waals surface area (Å²) < 4.78 is 17.0. The minimum Gasteiger partial charge on any atom is -0.485 e. The summed E-state index contributed by atoms with van der Waals surface area (Å²) in [5, 5.41) is 3.02. The molecule has 9 heteroatoms. The minimum atomic E-state index is -0.641. The number of amides is 2. The quantitative estimate of drug-likeness (QED) is 0.699. The zero-order valence-electron chi connectivity index (χ0n) is 20.0. The van der Waals surface area contributed by atoms with Crippen LogP contribution < -0.4 is 19.7 Å². The fourth-order valence-electron chi connectivity index (χ4n) is 4.66. The summed E-state index contributed by atoms with van der Waals surface area (Å²) in [6.07, 6.45) is -0.641. The number of rotatable bonds is 5. The van der Waals surface area contributed by atoms with Gasteiger partial charge in [-0.05, 0) is 43.3 Å². The first-order valence-corrected chi connectivity index (χ1v) is 12.2. The maximum Gasteiger partial charge on any atom is 0.267 e. The van der Waals surface area contributed by atoms with Crippen molar-refractivity contribution < 1.29 is 23.8 Å². The average molecular weight is 481 g/mol. The fraction of sp³-hybridized carbons (Fsp3) is 0.462. The summed E-state index contributed by atoms with van der Waals surface area (Å²) in [7, 11) is 0. The number of fused-ring (bicyclic) bond motifs is 1. The molecule has 3 aliphatic rings. The Morgan fingerprint density at radius 3 is 2.31 bits per heavy atom. The highest BCUT2D eigenvalue weighted by molar-refractivity contribution is 5.94. The molecule has 186 valence electrons. The number of carbonyl (C=O) groups is 2. The molecule has 2 amide bonds. The van der Waals surface area contributed by atoms with Crippen molar-refractivity contribution >= 4 is 23.2 Å². The predicted molar refractivity (Wildman–Crippen MR) is 132 cm³/mol. The predicted octanol–water partition coefficient (Wildman–Crippen LogP) is 1.83. The molecule has 2 aromatic carbocycles. The van der Waals surface area contributed by atoms with Gasteiger partial charge in [0, 0.05) is 50.6 Å². The molecule has 0 saturated carbocycles. The highest BCUT2D eigenvalue weighted by Crippen LogP contribution is 2.31. The Bertz CT molecular complexity index is 1030. The van der Waals surface area contributed by atoms with E-state index in [4.69, 9.17) is 14.2 Å². The summed E-state index contributed by atoms with van der Waals surface area (Å²) >= 11 is 0. The number of nitrogens with one attached hydrogen (secondary N) is 1. The van der Waals surface area contributed by atoms with E-state index in [9.17, 15) is 9.59 Å². The third-order valence-electron chi connectivity index (χ3n) is 6.85. The number of piperazine rings is 1. The normalized spacial score (nSPS) is 21.3. The number of carbonyl (C=O) groups excluding carboxylic acids is 2. The van der Waals surface area contributed by atoms with Crippen LogP contribution in [0.15, 0.2) is 48.5 Å². The molecule has 35 heavy (non-hydrogen) atoms. The highest BCUT2D eigenvalue weighted by atomic mass is 16.6. The molecule has 5 rings (SSSR count). The van der Waals surface area contributed by atoms with Crippen LogP contribution in [0, 0.1) is 0 Å². The maximum atomic E-state index is 13.0. The third-order valence-corrected chi connectivity index (χ3v) is 6.85. The maximum absolute atomic E-state index is 13.0. The van der Waals surface area contributed by atoms with Crippen LogP contribution in [0.4, 0.5) is 11.4 Å². The van der Waals surface area contributed by atoms with E-state index in [-0.39, 0.29) is 24.5 Å². The van der Waals surface area contributed by atoms with Crippen molar-refractivity contribution in [1.29, 1.82) is 0 Å². The van der Waals surface area contributed by atoms with Crippen LogP contribution in [0.2, 0.25) is 0 Å². The molecule has 2 aromatic rings. The van der Waals surface area contributed by atoms with Gasteiger partial charge < -0.3 is 29.3 Å². The highest BCUT2D eigenvalue weighted by Gasteiger charge is 2.34. The molecular formula is C26H32N4O5. The molecule has 2 saturated heterocycles. The van der Waals surface area contributed by atoms with Crippen molar-refractivity contribution in [2.24, 2.45) is 0 Å². The lowest BCUT2D eigenvalue weighted by molar-refractivity contribution is -0.143. The Balaban J connectivity index is 1.10. The van der Waals surface area contributed by atoms with Crippen molar-refractivity contribution in [2.45, 2.75) is 19.1 Å². The monoisotopic (exact) mass is 480 g/mol. The van der Waals surface area contributed by atoms with Gasteiger partial charge in [0.05, 0.1) is 19.3 Å². The van der Waals surface area contributed by atoms with Gasteiger partial charge in [0.1, 0.15) is 6.61 Å². The molecule has 0 bridgehead atoms. The molecule has 3 aliphatic heterocycles. The third kappa shape index (κ3) is 5.36. The first-order chi connectivity index (χ1) is 17.1. The molecule has 0 unspecified atom stereocenters. The SMILES string of the molecule is C[C@@H](C(=O)Nc1ccc(N2CCOCC2)cc1)N1CCN(C(=O)[C@@H]2COc3ccccc3O2)CC1. The molecule has 0 spiro atoms. The summed E-state index contributed by atoms with van der Waals surface area (Å²) in [4.78, 5) is 32.0. The molecular weight excluding hydrogens is 448 g/mol. The molecule has 2 atom stereocenters. The summed E-state index contributed by atoms with van der Waals surface area (Å²) in [6.45, 7) is 7.70. The number of para-hydroxylation sites is 2. The van der Waals surface area contributed by atoms with E-state index >= 15 is 0 Å². The van der Waals surface area contributed by atoms with Crippen molar-refractivity contribution in [1.82, 2.24) is 9.80 Å². The van der Waals surface area contributed by atoms with E-state index in [1.807, 2.05) is 55.5 Å². The van der Waals surface area contributed by atoms with Crippen LogP contribution in [0.3, 0.4) is 0 Å². The Morgan fingerprint density at radius 2 is 1.60 bits per heavy atom. The second-order valence-corrected chi connectivity index (χ2v) is 9.04. The zero-order valence-corrected chi connectivity index (χ0v) is 20.0. The molecule has 0 aliphatic carbocycles. The number of hydrogen-bond donors (Lipinski definition) is 1. The van der Waals surface area contributed by atoms with Gasteiger partial charge in [0.25, 0.3) is 5.91 Å². The number of benzene rings is 2. The van der Waals surface area contributed by atoms with Crippen LogP contribution in [0.25, 0.3) is 0 Å². The van der Waals surface area contributed by atoms with E-state index in [1.54, 1.807) is 4.90 Å². The second kappa shape index (κ2) is 10.5. The molecule has 0 aromatic heterocycles. The average Bonchev–Trinajstić information content (AvgIpc) is 2.93. The van der Waals surface area contributed by atoms with Gasteiger partial charge in [-0.3, -0.25) is 14.5 Å². The number of morpholine rings is 1. The van der Waals surface area contributed by atoms with E-state index in [2.05, 4.69) is 15.1 Å². The largest absolute Gasteiger partial charge is 0.485 e. The molecule has 9 nitrogen and oxygen atoms in total. The van der Waals surface area contributed by atoms with Crippen molar-refractivity contribution in [3.8, 4) is 11.5 Å². The number of hydrogen-bond acceptors (Lipinski definition) is 7. The van der Waals surface area contributed by atoms with Crippen molar-refractivity contribution in [2.75, 3.05) is 69.3 Å². The van der Waals surface area contributed by atoms with Crippen molar-refractivity contribution in [3.63, 3.8) is 0 Å². The Morgan fingerprint density at radius 1 is 0.914 bits per heavy atom. The summed E-state index contributed by atoms with van der Waals surface area (Å²) in [6, 6.07) is 15.0. The zero-order chi connectivity index (χ0) is 24.2. The smallest absolute Gasteiger partial charge is 0.267 e. The number of ether oxygens (including phenoxy) is 3. The standard InChI is InChI=1S/C26H32N4O5/c1-19(25(31)27-20-6-8-21(9-7-20)29-14-16-33-17-15-29)28-10-12-30(13-11-28)26(32)24-18-34-22-4-2-3-5-23(22)35-24/h2-9,19,24H,10-18H2,1H3,(H,27,31)/t19-,24-/m0/s1. The first-order valence-electron chi connectivity index (χ1n) is 12.2. The van der Waals surface area contributed by atoms with E-state index in [0.29, 0.717) is 37.7 Å². The van der Waals surface area contributed by atoms with Crippen LogP contribution >= 0.6 is 0 Å². The van der Waals surface area contributed by atoms with Gasteiger partial charge in [-0.25, -0.2) is 0 Å². The summed E-state index contributed by atoms with van der Waals surface area (Å²) in [5.41, 5.74) is 1.92. The van der Waals surface area contributed by atoms with Crippen LogP contribution in [0.5, 0.6) is 11.5 Å². The summed E-state index contributed by atoms with van der Waals surface area (Å²) in [5.74, 6) is 1.14.